The molecule has 3 rings (SSSR count). The van der Waals surface area contributed by atoms with Gasteiger partial charge in [0.25, 0.3) is 5.91 Å². The fourth-order valence-electron chi connectivity index (χ4n) is 2.27. The third kappa shape index (κ3) is 2.88. The normalized spacial score (nSPS) is 10.5. The van der Waals surface area contributed by atoms with Crippen LogP contribution < -0.4 is 5.32 Å². The zero-order chi connectivity index (χ0) is 15.5. The van der Waals surface area contributed by atoms with E-state index in [1.807, 2.05) is 44.2 Å². The van der Waals surface area contributed by atoms with E-state index in [4.69, 9.17) is 0 Å². The minimum Gasteiger partial charge on any atom is -0.322 e. The molecule has 0 bridgehead atoms. The summed E-state index contributed by atoms with van der Waals surface area (Å²) >= 11 is 0. The van der Waals surface area contributed by atoms with Crippen molar-refractivity contribution < 1.29 is 4.79 Å². The van der Waals surface area contributed by atoms with Gasteiger partial charge in [0.15, 0.2) is 0 Å². The van der Waals surface area contributed by atoms with Gasteiger partial charge in [0, 0.05) is 16.9 Å². The quantitative estimate of drug-likeness (QED) is 0.806. The Bertz CT molecular complexity index is 792. The molecule has 0 fully saturated rings. The number of anilines is 1. The summed E-state index contributed by atoms with van der Waals surface area (Å²) in [5.41, 5.74) is 4.58. The summed E-state index contributed by atoms with van der Waals surface area (Å²) in [6.45, 7) is 4.01. The van der Waals surface area contributed by atoms with Gasteiger partial charge in [-0.05, 0) is 49.7 Å². The molecule has 0 spiro atoms. The van der Waals surface area contributed by atoms with E-state index in [9.17, 15) is 4.79 Å². The van der Waals surface area contributed by atoms with Gasteiger partial charge in [-0.1, -0.05) is 17.7 Å². The van der Waals surface area contributed by atoms with Gasteiger partial charge in [0.2, 0.25) is 0 Å². The summed E-state index contributed by atoms with van der Waals surface area (Å²) < 4.78 is 1.78. The van der Waals surface area contributed by atoms with Crippen LogP contribution in [0, 0.1) is 13.8 Å². The second kappa shape index (κ2) is 5.81. The third-order valence-corrected chi connectivity index (χ3v) is 3.48. The van der Waals surface area contributed by atoms with Crippen molar-refractivity contribution in [3.63, 3.8) is 0 Å². The van der Waals surface area contributed by atoms with E-state index in [0.29, 0.717) is 5.56 Å². The van der Waals surface area contributed by atoms with Gasteiger partial charge in [-0.15, -0.1) is 10.2 Å². The Labute approximate surface area is 128 Å². The first-order valence-corrected chi connectivity index (χ1v) is 6.97. The van der Waals surface area contributed by atoms with Crippen LogP contribution in [0.3, 0.4) is 0 Å². The maximum absolute atomic E-state index is 12.3. The molecule has 5 nitrogen and oxygen atoms in total. The molecule has 3 aromatic rings. The SMILES string of the molecule is Cc1ccc(NC(=O)c2ccc(-n3cnnc3)cc2)c(C)c1. The molecule has 1 N–H and O–H groups in total. The molecule has 0 saturated heterocycles. The maximum Gasteiger partial charge on any atom is 0.255 e. The summed E-state index contributed by atoms with van der Waals surface area (Å²) in [5.74, 6) is -0.123. The van der Waals surface area contributed by atoms with Crippen LogP contribution in [0.2, 0.25) is 0 Å². The highest BCUT2D eigenvalue weighted by Gasteiger charge is 2.08. The van der Waals surface area contributed by atoms with E-state index in [2.05, 4.69) is 15.5 Å². The molecule has 0 radical (unpaired) electrons. The number of aryl methyl sites for hydroxylation is 2. The standard InChI is InChI=1S/C17H16N4O/c1-12-3-8-16(13(2)9-12)20-17(22)14-4-6-15(7-5-14)21-10-18-19-11-21/h3-11H,1-2H3,(H,20,22). The molecule has 5 heteroatoms. The van der Waals surface area contributed by atoms with Gasteiger partial charge < -0.3 is 5.32 Å². The van der Waals surface area contributed by atoms with Crippen LogP contribution in [0.4, 0.5) is 5.69 Å². The van der Waals surface area contributed by atoms with Crippen molar-refractivity contribution in [3.8, 4) is 5.69 Å². The molecular formula is C17H16N4O. The summed E-state index contributed by atoms with van der Waals surface area (Å²) in [6, 6.07) is 13.2. The molecule has 0 aliphatic heterocycles. The predicted molar refractivity (Wildman–Crippen MR) is 85.2 cm³/mol. The molecule has 1 heterocycles. The Kier molecular flexibility index (Phi) is 3.70. The number of aromatic nitrogens is 3. The number of hydrogen-bond donors (Lipinski definition) is 1. The summed E-state index contributed by atoms with van der Waals surface area (Å²) in [7, 11) is 0. The molecule has 0 atom stereocenters. The lowest BCUT2D eigenvalue weighted by molar-refractivity contribution is 0.102. The number of amides is 1. The molecule has 0 aliphatic rings. The molecule has 2 aromatic carbocycles. The number of rotatable bonds is 3. The van der Waals surface area contributed by atoms with Crippen LogP contribution in [-0.4, -0.2) is 20.7 Å². The molecule has 22 heavy (non-hydrogen) atoms. The Morgan fingerprint density at radius 1 is 1.00 bits per heavy atom. The fourth-order valence-corrected chi connectivity index (χ4v) is 2.27. The van der Waals surface area contributed by atoms with Crippen molar-refractivity contribution in [1.29, 1.82) is 0 Å². The lowest BCUT2D eigenvalue weighted by atomic mass is 10.1. The second-order valence-corrected chi connectivity index (χ2v) is 5.19. The third-order valence-electron chi connectivity index (χ3n) is 3.48. The monoisotopic (exact) mass is 292 g/mol. The van der Waals surface area contributed by atoms with Crippen LogP contribution in [0.5, 0.6) is 0 Å². The Morgan fingerprint density at radius 3 is 2.32 bits per heavy atom. The van der Waals surface area contributed by atoms with Gasteiger partial charge in [-0.25, -0.2) is 0 Å². The number of carbonyl (C=O) groups is 1. The predicted octanol–water partition coefficient (Wildman–Crippen LogP) is 3.14. The fraction of sp³-hybridized carbons (Fsp3) is 0.118. The zero-order valence-corrected chi connectivity index (χ0v) is 12.4. The van der Waals surface area contributed by atoms with E-state index >= 15 is 0 Å². The van der Waals surface area contributed by atoms with Crippen molar-refractivity contribution in [1.82, 2.24) is 14.8 Å². The van der Waals surface area contributed by atoms with Crippen LogP contribution in [0.1, 0.15) is 21.5 Å². The van der Waals surface area contributed by atoms with E-state index in [0.717, 1.165) is 16.9 Å². The average molecular weight is 292 g/mol. The Morgan fingerprint density at radius 2 is 1.68 bits per heavy atom. The minimum atomic E-state index is -0.123. The molecule has 0 saturated carbocycles. The van der Waals surface area contributed by atoms with Crippen molar-refractivity contribution >= 4 is 11.6 Å². The van der Waals surface area contributed by atoms with Gasteiger partial charge in [0.1, 0.15) is 12.7 Å². The smallest absolute Gasteiger partial charge is 0.255 e. The number of hydrogen-bond acceptors (Lipinski definition) is 3. The zero-order valence-electron chi connectivity index (χ0n) is 12.4. The van der Waals surface area contributed by atoms with Crippen LogP contribution in [0.25, 0.3) is 5.69 Å². The lowest BCUT2D eigenvalue weighted by Crippen LogP contribution is -2.12. The summed E-state index contributed by atoms with van der Waals surface area (Å²) in [5, 5.41) is 10.5. The number of nitrogens with zero attached hydrogens (tertiary/aromatic N) is 3. The largest absolute Gasteiger partial charge is 0.322 e. The van der Waals surface area contributed by atoms with Crippen molar-refractivity contribution in [2.75, 3.05) is 5.32 Å². The average Bonchev–Trinajstić information content (AvgIpc) is 3.04. The van der Waals surface area contributed by atoms with Gasteiger partial charge >= 0.3 is 0 Å². The van der Waals surface area contributed by atoms with Crippen molar-refractivity contribution in [3.05, 3.63) is 71.8 Å². The summed E-state index contributed by atoms with van der Waals surface area (Å²) in [6.07, 6.45) is 3.23. The highest BCUT2D eigenvalue weighted by atomic mass is 16.1. The van der Waals surface area contributed by atoms with Gasteiger partial charge in [-0.3, -0.25) is 9.36 Å². The molecular weight excluding hydrogens is 276 g/mol. The first kappa shape index (κ1) is 14.0. The first-order chi connectivity index (χ1) is 10.6. The number of carbonyl (C=O) groups excluding carboxylic acids is 1. The van der Waals surface area contributed by atoms with Gasteiger partial charge in [-0.2, -0.15) is 0 Å². The Balaban J connectivity index is 1.77. The molecule has 0 aliphatic carbocycles. The van der Waals surface area contributed by atoms with E-state index < -0.39 is 0 Å². The Hall–Kier alpha value is -2.95. The lowest BCUT2D eigenvalue weighted by Gasteiger charge is -2.09. The highest BCUT2D eigenvalue weighted by molar-refractivity contribution is 6.04. The molecule has 0 unspecified atom stereocenters. The first-order valence-electron chi connectivity index (χ1n) is 6.97. The van der Waals surface area contributed by atoms with Crippen LogP contribution in [-0.2, 0) is 0 Å². The van der Waals surface area contributed by atoms with E-state index in [1.165, 1.54) is 5.56 Å². The van der Waals surface area contributed by atoms with E-state index in [-0.39, 0.29) is 5.91 Å². The number of nitrogens with one attached hydrogen (secondary N) is 1. The number of benzene rings is 2. The van der Waals surface area contributed by atoms with Crippen molar-refractivity contribution in [2.45, 2.75) is 13.8 Å². The summed E-state index contributed by atoms with van der Waals surface area (Å²) in [4.78, 5) is 12.3. The topological polar surface area (TPSA) is 59.8 Å². The van der Waals surface area contributed by atoms with Crippen LogP contribution >= 0.6 is 0 Å². The highest BCUT2D eigenvalue weighted by Crippen LogP contribution is 2.17. The molecule has 1 amide bonds. The molecule has 110 valence electrons. The molecule has 1 aromatic heterocycles. The van der Waals surface area contributed by atoms with E-state index in [1.54, 1.807) is 29.4 Å². The second-order valence-electron chi connectivity index (χ2n) is 5.19. The van der Waals surface area contributed by atoms with Gasteiger partial charge in [0.05, 0.1) is 0 Å². The van der Waals surface area contributed by atoms with Crippen LogP contribution in [0.15, 0.2) is 55.1 Å². The van der Waals surface area contributed by atoms with Crippen molar-refractivity contribution in [2.24, 2.45) is 0 Å². The maximum atomic E-state index is 12.3. The minimum absolute atomic E-state index is 0.123.